The number of carbonyl (C=O) groups excluding carboxylic acids is 1. The van der Waals surface area contributed by atoms with Crippen LogP contribution in [0.25, 0.3) is 0 Å². The van der Waals surface area contributed by atoms with Crippen LogP contribution in [0.1, 0.15) is 84.0 Å². The zero-order valence-corrected chi connectivity index (χ0v) is 20.9. The maximum absolute atomic E-state index is 12.0. The van der Waals surface area contributed by atoms with Gasteiger partial charge in [0, 0.05) is 12.3 Å². The molecule has 36 heavy (non-hydrogen) atoms. The summed E-state index contributed by atoms with van der Waals surface area (Å²) in [7, 11) is 0. The van der Waals surface area contributed by atoms with Gasteiger partial charge in [0.25, 0.3) is 10.2 Å². The van der Waals surface area contributed by atoms with Crippen molar-refractivity contribution < 1.29 is 39.7 Å². The van der Waals surface area contributed by atoms with Gasteiger partial charge >= 0.3 is 5.97 Å². The van der Waals surface area contributed by atoms with Gasteiger partial charge in [0.15, 0.2) is 0 Å². The van der Waals surface area contributed by atoms with E-state index in [0.717, 1.165) is 69.9 Å². The van der Waals surface area contributed by atoms with Crippen LogP contribution in [-0.4, -0.2) is 57.6 Å². The zero-order valence-electron chi connectivity index (χ0n) is 20.9. The van der Waals surface area contributed by atoms with Gasteiger partial charge in [0.1, 0.15) is 19.3 Å². The molecule has 0 radical (unpaired) electrons. The Morgan fingerprint density at radius 2 is 1.78 bits per heavy atom. The minimum atomic E-state index is -1.26. The zero-order chi connectivity index (χ0) is 26.8. The Labute approximate surface area is 210 Å². The predicted octanol–water partition coefficient (Wildman–Crippen LogP) is 4.01. The summed E-state index contributed by atoms with van der Waals surface area (Å²) in [6.45, 7) is 0.806. The molecule has 0 aromatic rings. The number of hydrogen-bond donors (Lipinski definition) is 2. The van der Waals surface area contributed by atoms with Crippen LogP contribution in [0.2, 0.25) is 0 Å². The van der Waals surface area contributed by atoms with Crippen LogP contribution >= 0.6 is 0 Å². The lowest BCUT2D eigenvalue weighted by molar-refractivity contribution is -0.768. The van der Waals surface area contributed by atoms with Crippen LogP contribution in [0.4, 0.5) is 0 Å². The Morgan fingerprint density at radius 1 is 1.11 bits per heavy atom. The van der Waals surface area contributed by atoms with E-state index in [0.29, 0.717) is 6.42 Å². The third-order valence-corrected chi connectivity index (χ3v) is 6.17. The Bertz CT molecular complexity index is 713. The number of carbonyl (C=O) groups is 1. The van der Waals surface area contributed by atoms with E-state index in [2.05, 4.69) is 27.8 Å². The number of hydrogen-bond acceptors (Lipinski definition) is 11. The monoisotopic (exact) mass is 517 g/mol. The lowest BCUT2D eigenvalue weighted by Gasteiger charge is -2.17. The van der Waals surface area contributed by atoms with Crippen molar-refractivity contribution in [1.29, 1.82) is 0 Å². The molecule has 0 unspecified atom stereocenters. The van der Waals surface area contributed by atoms with Crippen molar-refractivity contribution in [1.82, 2.24) is 0 Å². The lowest BCUT2D eigenvalue weighted by atomic mass is 9.89. The number of aliphatic hydroxyl groups is 1. The third kappa shape index (κ3) is 13.8. The summed E-state index contributed by atoms with van der Waals surface area (Å²) in [6, 6.07) is 0. The highest BCUT2D eigenvalue weighted by Crippen LogP contribution is 2.35. The molecule has 1 saturated carbocycles. The highest BCUT2D eigenvalue weighted by atomic mass is 17.0. The van der Waals surface area contributed by atoms with Crippen molar-refractivity contribution >= 4 is 11.7 Å². The van der Waals surface area contributed by atoms with Gasteiger partial charge in [-0.05, 0) is 38.0 Å². The van der Waals surface area contributed by atoms with E-state index in [1.807, 2.05) is 6.08 Å². The number of allylic oxidation sites excluding steroid dienone is 1. The van der Waals surface area contributed by atoms with Gasteiger partial charge in [-0.1, -0.05) is 62.8 Å². The first-order valence-corrected chi connectivity index (χ1v) is 12.6. The van der Waals surface area contributed by atoms with Crippen molar-refractivity contribution in [2.75, 3.05) is 13.2 Å². The summed E-state index contributed by atoms with van der Waals surface area (Å²) in [5.74, 6) is -0.290. The van der Waals surface area contributed by atoms with E-state index in [-0.39, 0.29) is 18.3 Å². The predicted molar refractivity (Wildman–Crippen MR) is 128 cm³/mol. The van der Waals surface area contributed by atoms with Gasteiger partial charge in [-0.3, -0.25) is 4.79 Å². The summed E-state index contributed by atoms with van der Waals surface area (Å²) < 4.78 is 4.99. The molecule has 0 amide bonds. The summed E-state index contributed by atoms with van der Waals surface area (Å²) in [6.07, 6.45) is 11.6. The Hall–Kier alpha value is -2.96. The number of oxime groups is 1. The first-order chi connectivity index (χ1) is 17.3. The van der Waals surface area contributed by atoms with E-state index in [1.165, 1.54) is 0 Å². The molecule has 0 aliphatic heterocycles. The molecule has 0 bridgehead atoms. The molecule has 0 spiro atoms. The minimum Gasteiger partial charge on any atom is -0.458 e. The van der Waals surface area contributed by atoms with Crippen molar-refractivity contribution in [2.45, 2.75) is 96.2 Å². The van der Waals surface area contributed by atoms with E-state index in [4.69, 9.17) is 4.74 Å². The topological polar surface area (TPSA) is 184 Å². The second-order valence-electron chi connectivity index (χ2n) is 8.95. The molecule has 1 rings (SSSR count). The first-order valence-electron chi connectivity index (χ1n) is 12.6. The van der Waals surface area contributed by atoms with Gasteiger partial charge in [-0.15, -0.1) is 20.2 Å². The van der Waals surface area contributed by atoms with E-state index < -0.39 is 41.6 Å². The summed E-state index contributed by atoms with van der Waals surface area (Å²) in [5, 5.41) is 41.4. The minimum absolute atomic E-state index is 0.0570. The summed E-state index contributed by atoms with van der Waals surface area (Å²) in [4.78, 5) is 40.8. The van der Waals surface area contributed by atoms with Crippen LogP contribution in [0.5, 0.6) is 0 Å². The molecule has 13 heteroatoms. The second-order valence-corrected chi connectivity index (χ2v) is 8.95. The molecule has 0 saturated heterocycles. The fourth-order valence-electron chi connectivity index (χ4n) is 4.29. The van der Waals surface area contributed by atoms with E-state index in [1.54, 1.807) is 0 Å². The van der Waals surface area contributed by atoms with Crippen LogP contribution in [0.15, 0.2) is 17.3 Å². The largest absolute Gasteiger partial charge is 0.458 e. The Balaban J connectivity index is 2.35. The molecule has 3 atom stereocenters. The molecular formula is C23H39N3O10. The number of unbranched alkanes of at least 4 members (excludes halogenated alkanes) is 5. The molecular weight excluding hydrogens is 478 g/mol. The Morgan fingerprint density at radius 3 is 2.39 bits per heavy atom. The molecule has 1 aliphatic rings. The summed E-state index contributed by atoms with van der Waals surface area (Å²) in [5.41, 5.74) is 0.786. The van der Waals surface area contributed by atoms with Crippen molar-refractivity contribution in [3.63, 3.8) is 0 Å². The van der Waals surface area contributed by atoms with Gasteiger partial charge in [-0.25, -0.2) is 0 Å². The fraction of sp³-hybridized carbons (Fsp3) is 0.826. The molecule has 0 heterocycles. The van der Waals surface area contributed by atoms with Gasteiger partial charge < -0.3 is 24.7 Å². The lowest BCUT2D eigenvalue weighted by Crippen LogP contribution is -2.30. The number of aliphatic hydroxyl groups excluding tert-OH is 1. The molecule has 0 aromatic carbocycles. The van der Waals surface area contributed by atoms with Crippen molar-refractivity contribution in [3.8, 4) is 0 Å². The summed E-state index contributed by atoms with van der Waals surface area (Å²) >= 11 is 0. The standard InChI is InChI=1S/C23H39N3O10/c1-2-3-6-9-19(27)14-12-18-13-15-22(24-29)21(18)10-7-4-5-8-11-23(28)36-20(16-34-25(30)31)17-35-26(32)33/h12,14,18-21,27,29H,2-11,13,15-17H2,1H3/t18-,19-,21+/m0/s1. The fourth-order valence-corrected chi connectivity index (χ4v) is 4.29. The van der Waals surface area contributed by atoms with Crippen LogP contribution < -0.4 is 0 Å². The highest BCUT2D eigenvalue weighted by molar-refractivity contribution is 5.88. The van der Waals surface area contributed by atoms with Crippen LogP contribution in [0, 0.1) is 32.1 Å². The first kappa shape index (κ1) is 31.1. The van der Waals surface area contributed by atoms with Crippen LogP contribution in [-0.2, 0) is 19.2 Å². The third-order valence-electron chi connectivity index (χ3n) is 6.17. The maximum Gasteiger partial charge on any atom is 0.306 e. The van der Waals surface area contributed by atoms with Crippen molar-refractivity contribution in [3.05, 3.63) is 32.4 Å². The molecule has 2 N–H and O–H groups in total. The second kappa shape index (κ2) is 18.3. The average molecular weight is 518 g/mol. The smallest absolute Gasteiger partial charge is 0.306 e. The van der Waals surface area contributed by atoms with Crippen molar-refractivity contribution in [2.24, 2.45) is 17.0 Å². The quantitative estimate of drug-likeness (QED) is 0.0597. The normalized spacial score (nSPS) is 19.6. The van der Waals surface area contributed by atoms with Gasteiger partial charge in [-0.2, -0.15) is 0 Å². The van der Waals surface area contributed by atoms with Crippen LogP contribution in [0.3, 0.4) is 0 Å². The number of rotatable bonds is 20. The molecule has 13 nitrogen and oxygen atoms in total. The molecule has 0 aromatic heterocycles. The van der Waals surface area contributed by atoms with E-state index in [9.17, 15) is 35.3 Å². The van der Waals surface area contributed by atoms with Gasteiger partial charge in [0.2, 0.25) is 0 Å². The maximum atomic E-state index is 12.0. The average Bonchev–Trinajstić information content (AvgIpc) is 3.23. The number of esters is 1. The molecule has 1 fully saturated rings. The molecule has 1 aliphatic carbocycles. The molecule has 206 valence electrons. The van der Waals surface area contributed by atoms with E-state index >= 15 is 0 Å². The highest BCUT2D eigenvalue weighted by Gasteiger charge is 2.31. The van der Waals surface area contributed by atoms with Gasteiger partial charge in [0.05, 0.1) is 11.8 Å². The Kier molecular flexibility index (Phi) is 15.8. The number of nitrogens with zero attached hydrogens (tertiary/aromatic N) is 3. The number of ether oxygens (including phenoxy) is 1. The SMILES string of the molecule is CCCCC[C@H](O)C=C[C@H]1CCC(=NO)[C@@H]1CCCCCCC(=O)OC(CO[N+](=O)[O-])CO[N+](=O)[O-].